The molecule has 0 fully saturated rings. The number of benzene rings is 1. The summed E-state index contributed by atoms with van der Waals surface area (Å²) in [7, 11) is 3.22. The Kier molecular flexibility index (Phi) is 6.74. The topological polar surface area (TPSA) is 56.8 Å². The van der Waals surface area contributed by atoms with Crippen molar-refractivity contribution in [2.75, 3.05) is 27.4 Å². The molecule has 5 heteroatoms. The SMILES string of the molecule is COCCCNC(=O)[C@H](C)Oc1cccc(OC)c1. The van der Waals surface area contributed by atoms with Gasteiger partial charge in [-0.05, 0) is 25.5 Å². The standard InChI is InChI=1S/C14H21NO4/c1-11(14(16)15-8-5-9-17-2)19-13-7-4-6-12(10-13)18-3/h4,6-7,10-11H,5,8-9H2,1-3H3,(H,15,16)/t11-/m0/s1. The van der Waals surface area contributed by atoms with E-state index < -0.39 is 6.10 Å². The van der Waals surface area contributed by atoms with Crippen LogP contribution in [0.1, 0.15) is 13.3 Å². The fraction of sp³-hybridized carbons (Fsp3) is 0.500. The van der Waals surface area contributed by atoms with Gasteiger partial charge in [-0.2, -0.15) is 0 Å². The summed E-state index contributed by atoms with van der Waals surface area (Å²) in [6.07, 6.45) is 0.239. The summed E-state index contributed by atoms with van der Waals surface area (Å²) < 4.78 is 15.6. The van der Waals surface area contributed by atoms with Gasteiger partial charge in [0.05, 0.1) is 7.11 Å². The maximum atomic E-state index is 11.8. The molecule has 0 bridgehead atoms. The van der Waals surface area contributed by atoms with Crippen molar-refractivity contribution in [3.05, 3.63) is 24.3 Å². The fourth-order valence-electron chi connectivity index (χ4n) is 1.50. The minimum absolute atomic E-state index is 0.140. The Morgan fingerprint density at radius 3 is 2.74 bits per heavy atom. The number of carbonyl (C=O) groups excluding carboxylic acids is 1. The van der Waals surface area contributed by atoms with Crippen LogP contribution in [0, 0.1) is 0 Å². The Balaban J connectivity index is 2.40. The zero-order chi connectivity index (χ0) is 14.1. The third-order valence-electron chi connectivity index (χ3n) is 2.55. The second kappa shape index (κ2) is 8.37. The van der Waals surface area contributed by atoms with Gasteiger partial charge in [0, 0.05) is 26.3 Å². The van der Waals surface area contributed by atoms with Crippen molar-refractivity contribution in [2.24, 2.45) is 0 Å². The van der Waals surface area contributed by atoms with E-state index in [4.69, 9.17) is 14.2 Å². The van der Waals surface area contributed by atoms with Crippen molar-refractivity contribution in [1.29, 1.82) is 0 Å². The molecule has 1 aromatic carbocycles. The highest BCUT2D eigenvalue weighted by Gasteiger charge is 2.14. The van der Waals surface area contributed by atoms with Crippen LogP contribution in [0.15, 0.2) is 24.3 Å². The zero-order valence-electron chi connectivity index (χ0n) is 11.6. The van der Waals surface area contributed by atoms with Crippen LogP contribution in [0.3, 0.4) is 0 Å². The van der Waals surface area contributed by atoms with Gasteiger partial charge in [-0.3, -0.25) is 4.79 Å². The highest BCUT2D eigenvalue weighted by atomic mass is 16.5. The van der Waals surface area contributed by atoms with Crippen molar-refractivity contribution in [3.63, 3.8) is 0 Å². The summed E-state index contributed by atoms with van der Waals surface area (Å²) >= 11 is 0. The van der Waals surface area contributed by atoms with Gasteiger partial charge in [-0.25, -0.2) is 0 Å². The molecule has 0 aliphatic rings. The molecule has 0 aliphatic carbocycles. The van der Waals surface area contributed by atoms with E-state index >= 15 is 0 Å². The lowest BCUT2D eigenvalue weighted by molar-refractivity contribution is -0.127. The molecule has 19 heavy (non-hydrogen) atoms. The third kappa shape index (κ3) is 5.61. The molecule has 0 spiro atoms. The molecule has 1 rings (SSSR count). The number of hydrogen-bond acceptors (Lipinski definition) is 4. The summed E-state index contributed by atoms with van der Waals surface area (Å²) in [6.45, 7) is 2.93. The Morgan fingerprint density at radius 2 is 2.05 bits per heavy atom. The number of carbonyl (C=O) groups is 1. The highest BCUT2D eigenvalue weighted by Crippen LogP contribution is 2.19. The lowest BCUT2D eigenvalue weighted by Crippen LogP contribution is -2.37. The van der Waals surface area contributed by atoms with Gasteiger partial charge in [0.25, 0.3) is 5.91 Å². The first-order valence-electron chi connectivity index (χ1n) is 6.24. The molecule has 1 amide bonds. The minimum Gasteiger partial charge on any atom is -0.497 e. The molecule has 0 unspecified atom stereocenters. The van der Waals surface area contributed by atoms with E-state index in [0.717, 1.165) is 6.42 Å². The normalized spacial score (nSPS) is 11.7. The van der Waals surface area contributed by atoms with Crippen LogP contribution in [0.5, 0.6) is 11.5 Å². The van der Waals surface area contributed by atoms with Gasteiger partial charge >= 0.3 is 0 Å². The largest absolute Gasteiger partial charge is 0.497 e. The molecule has 5 nitrogen and oxygen atoms in total. The van der Waals surface area contributed by atoms with Crippen molar-refractivity contribution in [1.82, 2.24) is 5.32 Å². The average molecular weight is 267 g/mol. The van der Waals surface area contributed by atoms with Gasteiger partial charge in [0.15, 0.2) is 6.10 Å². The first-order valence-corrected chi connectivity index (χ1v) is 6.24. The smallest absolute Gasteiger partial charge is 0.260 e. The van der Waals surface area contributed by atoms with Crippen LogP contribution in [0.4, 0.5) is 0 Å². The molecule has 0 aromatic heterocycles. The molecule has 0 saturated heterocycles. The minimum atomic E-state index is -0.547. The molecule has 1 atom stereocenters. The summed E-state index contributed by atoms with van der Waals surface area (Å²) in [6, 6.07) is 7.17. The quantitative estimate of drug-likeness (QED) is 0.727. The zero-order valence-corrected chi connectivity index (χ0v) is 11.6. The maximum absolute atomic E-state index is 11.8. The first-order chi connectivity index (χ1) is 9.17. The Hall–Kier alpha value is -1.75. The van der Waals surface area contributed by atoms with Crippen molar-refractivity contribution in [3.8, 4) is 11.5 Å². The predicted octanol–water partition coefficient (Wildman–Crippen LogP) is 1.62. The average Bonchev–Trinajstić information content (AvgIpc) is 2.43. The van der Waals surface area contributed by atoms with Gasteiger partial charge in [-0.1, -0.05) is 6.07 Å². The Morgan fingerprint density at radius 1 is 1.32 bits per heavy atom. The van der Waals surface area contributed by atoms with Crippen LogP contribution in [0.25, 0.3) is 0 Å². The number of rotatable bonds is 8. The Labute approximate surface area is 113 Å². The van der Waals surface area contributed by atoms with Gasteiger partial charge < -0.3 is 19.5 Å². The van der Waals surface area contributed by atoms with Gasteiger partial charge in [-0.15, -0.1) is 0 Å². The van der Waals surface area contributed by atoms with Crippen LogP contribution < -0.4 is 14.8 Å². The Bertz CT molecular complexity index is 395. The molecule has 0 saturated carbocycles. The number of methoxy groups -OCH3 is 2. The summed E-state index contributed by atoms with van der Waals surface area (Å²) in [5, 5.41) is 2.79. The monoisotopic (exact) mass is 267 g/mol. The van der Waals surface area contributed by atoms with E-state index in [0.29, 0.717) is 24.7 Å². The van der Waals surface area contributed by atoms with E-state index in [9.17, 15) is 4.79 Å². The molecule has 0 heterocycles. The van der Waals surface area contributed by atoms with E-state index in [1.165, 1.54) is 0 Å². The second-order valence-electron chi connectivity index (χ2n) is 4.08. The van der Waals surface area contributed by atoms with Crippen LogP contribution in [-0.4, -0.2) is 39.4 Å². The molecule has 0 aliphatic heterocycles. The summed E-state index contributed by atoms with van der Waals surface area (Å²) in [5.41, 5.74) is 0. The van der Waals surface area contributed by atoms with Crippen LogP contribution in [-0.2, 0) is 9.53 Å². The maximum Gasteiger partial charge on any atom is 0.260 e. The first kappa shape index (κ1) is 15.3. The van der Waals surface area contributed by atoms with E-state index in [1.54, 1.807) is 33.3 Å². The molecule has 1 N–H and O–H groups in total. The second-order valence-corrected chi connectivity index (χ2v) is 4.08. The van der Waals surface area contributed by atoms with Crippen LogP contribution >= 0.6 is 0 Å². The number of hydrogen-bond donors (Lipinski definition) is 1. The highest BCUT2D eigenvalue weighted by molar-refractivity contribution is 5.80. The molecule has 0 radical (unpaired) electrons. The molecule has 1 aromatic rings. The molecular weight excluding hydrogens is 246 g/mol. The third-order valence-corrected chi connectivity index (χ3v) is 2.55. The summed E-state index contributed by atoms with van der Waals surface area (Å²) in [4.78, 5) is 11.8. The lowest BCUT2D eigenvalue weighted by Gasteiger charge is -2.15. The molecular formula is C14H21NO4. The van der Waals surface area contributed by atoms with Gasteiger partial charge in [0.2, 0.25) is 0 Å². The van der Waals surface area contributed by atoms with E-state index in [1.807, 2.05) is 12.1 Å². The lowest BCUT2D eigenvalue weighted by atomic mass is 10.3. The van der Waals surface area contributed by atoms with Crippen molar-refractivity contribution >= 4 is 5.91 Å². The van der Waals surface area contributed by atoms with E-state index in [-0.39, 0.29) is 5.91 Å². The van der Waals surface area contributed by atoms with Crippen molar-refractivity contribution in [2.45, 2.75) is 19.4 Å². The fourth-order valence-corrected chi connectivity index (χ4v) is 1.50. The van der Waals surface area contributed by atoms with Crippen LogP contribution in [0.2, 0.25) is 0 Å². The number of nitrogens with one attached hydrogen (secondary N) is 1. The van der Waals surface area contributed by atoms with Gasteiger partial charge in [0.1, 0.15) is 11.5 Å². The number of amides is 1. The number of ether oxygens (including phenoxy) is 3. The van der Waals surface area contributed by atoms with E-state index in [2.05, 4.69) is 5.32 Å². The van der Waals surface area contributed by atoms with Crippen molar-refractivity contribution < 1.29 is 19.0 Å². The molecule has 106 valence electrons. The summed E-state index contributed by atoms with van der Waals surface area (Å²) in [5.74, 6) is 1.17. The predicted molar refractivity (Wildman–Crippen MR) is 72.6 cm³/mol.